The van der Waals surface area contributed by atoms with Crippen molar-refractivity contribution in [3.05, 3.63) is 0 Å². The maximum absolute atomic E-state index is 5.46. The molecule has 10 heavy (non-hydrogen) atoms. The first-order valence-electron chi connectivity index (χ1n) is 4.54. The number of hydrogen-bond donors (Lipinski definition) is 0. The Hall–Kier alpha value is -0.0400. The van der Waals surface area contributed by atoms with E-state index in [0.29, 0.717) is 12.2 Å². The standard InChI is InChI=1S/C9H18O/c1-3-5-7-9-8(10-9)6-4-2/h8-9H,3-7H2,1-2H3/t8-,9+/m1/s1. The van der Waals surface area contributed by atoms with Gasteiger partial charge in [-0.2, -0.15) is 0 Å². The number of epoxide rings is 1. The zero-order chi connectivity index (χ0) is 7.40. The Morgan fingerprint density at radius 1 is 1.00 bits per heavy atom. The SMILES string of the molecule is CCCC[C@@H]1O[C@@H]1CCC. The second kappa shape index (κ2) is 3.97. The molecule has 2 atom stereocenters. The first-order valence-corrected chi connectivity index (χ1v) is 4.54. The zero-order valence-electron chi connectivity index (χ0n) is 7.10. The van der Waals surface area contributed by atoms with E-state index < -0.39 is 0 Å². The van der Waals surface area contributed by atoms with Crippen LogP contribution < -0.4 is 0 Å². The molecule has 1 heteroatoms. The average Bonchev–Trinajstić information content (AvgIpc) is 2.65. The van der Waals surface area contributed by atoms with Crippen LogP contribution in [0.15, 0.2) is 0 Å². The summed E-state index contributed by atoms with van der Waals surface area (Å²) in [5.74, 6) is 0. The molecule has 1 heterocycles. The summed E-state index contributed by atoms with van der Waals surface area (Å²) in [7, 11) is 0. The first-order chi connectivity index (χ1) is 4.88. The average molecular weight is 142 g/mol. The van der Waals surface area contributed by atoms with Gasteiger partial charge in [-0.15, -0.1) is 0 Å². The molecule has 1 aliphatic heterocycles. The van der Waals surface area contributed by atoms with Crippen molar-refractivity contribution < 1.29 is 4.74 Å². The number of hydrogen-bond acceptors (Lipinski definition) is 1. The van der Waals surface area contributed by atoms with Crippen molar-refractivity contribution in [3.8, 4) is 0 Å². The van der Waals surface area contributed by atoms with E-state index in [-0.39, 0.29) is 0 Å². The van der Waals surface area contributed by atoms with Crippen molar-refractivity contribution in [1.29, 1.82) is 0 Å². The summed E-state index contributed by atoms with van der Waals surface area (Å²) in [4.78, 5) is 0. The van der Waals surface area contributed by atoms with Crippen LogP contribution in [0.25, 0.3) is 0 Å². The Balaban J connectivity index is 1.92. The van der Waals surface area contributed by atoms with Gasteiger partial charge in [0.05, 0.1) is 12.2 Å². The van der Waals surface area contributed by atoms with Gasteiger partial charge in [-0.1, -0.05) is 33.1 Å². The summed E-state index contributed by atoms with van der Waals surface area (Å²) < 4.78 is 5.46. The largest absolute Gasteiger partial charge is 0.370 e. The zero-order valence-corrected chi connectivity index (χ0v) is 7.10. The molecule has 0 N–H and O–H groups in total. The van der Waals surface area contributed by atoms with Crippen LogP contribution in [0.3, 0.4) is 0 Å². The molecule has 0 unspecified atom stereocenters. The Morgan fingerprint density at radius 2 is 1.70 bits per heavy atom. The topological polar surface area (TPSA) is 12.5 Å². The summed E-state index contributed by atoms with van der Waals surface area (Å²) in [5, 5.41) is 0. The van der Waals surface area contributed by atoms with E-state index in [0.717, 1.165) is 0 Å². The Kier molecular flexibility index (Phi) is 3.20. The van der Waals surface area contributed by atoms with E-state index in [1.165, 1.54) is 32.1 Å². The first kappa shape index (κ1) is 8.06. The second-order valence-corrected chi connectivity index (χ2v) is 3.14. The molecule has 0 amide bonds. The van der Waals surface area contributed by atoms with Crippen molar-refractivity contribution >= 4 is 0 Å². The normalized spacial score (nSPS) is 30.6. The molecule has 60 valence electrons. The molecule has 0 radical (unpaired) electrons. The van der Waals surface area contributed by atoms with E-state index in [1.54, 1.807) is 0 Å². The second-order valence-electron chi connectivity index (χ2n) is 3.14. The third kappa shape index (κ3) is 2.30. The Morgan fingerprint density at radius 3 is 2.30 bits per heavy atom. The van der Waals surface area contributed by atoms with Crippen molar-refractivity contribution in [2.75, 3.05) is 0 Å². The molecule has 1 rings (SSSR count). The van der Waals surface area contributed by atoms with Gasteiger partial charge in [0.2, 0.25) is 0 Å². The molecule has 0 aliphatic carbocycles. The number of ether oxygens (including phenoxy) is 1. The molecule has 1 nitrogen and oxygen atoms in total. The quantitative estimate of drug-likeness (QED) is 0.538. The minimum Gasteiger partial charge on any atom is -0.370 e. The lowest BCUT2D eigenvalue weighted by atomic mass is 10.1. The van der Waals surface area contributed by atoms with Crippen molar-refractivity contribution in [3.63, 3.8) is 0 Å². The number of unbranched alkanes of at least 4 members (excludes halogenated alkanes) is 1. The van der Waals surface area contributed by atoms with E-state index >= 15 is 0 Å². The molecule has 0 saturated carbocycles. The molecule has 1 saturated heterocycles. The maximum atomic E-state index is 5.46. The van der Waals surface area contributed by atoms with Gasteiger partial charge in [0.15, 0.2) is 0 Å². The van der Waals surface area contributed by atoms with Crippen molar-refractivity contribution in [2.24, 2.45) is 0 Å². The summed E-state index contributed by atoms with van der Waals surface area (Å²) in [6.07, 6.45) is 7.75. The highest BCUT2D eigenvalue weighted by Gasteiger charge is 2.36. The van der Waals surface area contributed by atoms with Crippen molar-refractivity contribution in [2.45, 2.75) is 58.2 Å². The van der Waals surface area contributed by atoms with Crippen LogP contribution >= 0.6 is 0 Å². The fraction of sp³-hybridized carbons (Fsp3) is 1.00. The molecule has 0 spiro atoms. The van der Waals surface area contributed by atoms with Gasteiger partial charge in [0, 0.05) is 0 Å². The molecule has 1 fully saturated rings. The van der Waals surface area contributed by atoms with Gasteiger partial charge >= 0.3 is 0 Å². The Bertz CT molecular complexity index is 90.7. The van der Waals surface area contributed by atoms with E-state index in [9.17, 15) is 0 Å². The van der Waals surface area contributed by atoms with Crippen molar-refractivity contribution in [1.82, 2.24) is 0 Å². The van der Waals surface area contributed by atoms with Crippen LogP contribution in [0.4, 0.5) is 0 Å². The highest BCUT2D eigenvalue weighted by molar-refractivity contribution is 4.83. The van der Waals surface area contributed by atoms with Crippen LogP contribution in [-0.2, 0) is 4.74 Å². The lowest BCUT2D eigenvalue weighted by Gasteiger charge is -1.90. The summed E-state index contributed by atoms with van der Waals surface area (Å²) in [5.41, 5.74) is 0. The lowest BCUT2D eigenvalue weighted by Crippen LogP contribution is -1.92. The van der Waals surface area contributed by atoms with Gasteiger partial charge in [0.1, 0.15) is 0 Å². The van der Waals surface area contributed by atoms with Gasteiger partial charge in [-0.3, -0.25) is 0 Å². The molecule has 0 bridgehead atoms. The predicted molar refractivity (Wildman–Crippen MR) is 43.1 cm³/mol. The van der Waals surface area contributed by atoms with E-state index in [4.69, 9.17) is 4.74 Å². The minimum absolute atomic E-state index is 0.636. The van der Waals surface area contributed by atoms with E-state index in [2.05, 4.69) is 13.8 Å². The smallest absolute Gasteiger partial charge is 0.0841 e. The Labute approximate surface area is 63.8 Å². The molecule has 0 aromatic carbocycles. The predicted octanol–water partition coefficient (Wildman–Crippen LogP) is 2.74. The monoisotopic (exact) mass is 142 g/mol. The molecular formula is C9H18O. The van der Waals surface area contributed by atoms with Gasteiger partial charge in [0.25, 0.3) is 0 Å². The van der Waals surface area contributed by atoms with Crippen LogP contribution in [0.5, 0.6) is 0 Å². The maximum Gasteiger partial charge on any atom is 0.0841 e. The van der Waals surface area contributed by atoms with Crippen LogP contribution in [0, 0.1) is 0 Å². The summed E-state index contributed by atoms with van der Waals surface area (Å²) in [6, 6.07) is 0. The minimum atomic E-state index is 0.636. The van der Waals surface area contributed by atoms with Gasteiger partial charge in [-0.05, 0) is 12.8 Å². The fourth-order valence-electron chi connectivity index (χ4n) is 1.38. The molecule has 1 aliphatic rings. The summed E-state index contributed by atoms with van der Waals surface area (Å²) >= 11 is 0. The number of rotatable bonds is 5. The van der Waals surface area contributed by atoms with E-state index in [1.807, 2.05) is 0 Å². The highest BCUT2D eigenvalue weighted by atomic mass is 16.6. The summed E-state index contributed by atoms with van der Waals surface area (Å²) in [6.45, 7) is 4.45. The molecular weight excluding hydrogens is 124 g/mol. The third-order valence-corrected chi connectivity index (χ3v) is 2.10. The van der Waals surface area contributed by atoms with Gasteiger partial charge < -0.3 is 4.74 Å². The van der Waals surface area contributed by atoms with Gasteiger partial charge in [-0.25, -0.2) is 0 Å². The van der Waals surface area contributed by atoms with Crippen LogP contribution in [0.2, 0.25) is 0 Å². The third-order valence-electron chi connectivity index (χ3n) is 2.10. The lowest BCUT2D eigenvalue weighted by molar-refractivity contribution is 0.352. The molecule has 0 aromatic rings. The highest BCUT2D eigenvalue weighted by Crippen LogP contribution is 2.30. The van der Waals surface area contributed by atoms with Crippen LogP contribution in [-0.4, -0.2) is 12.2 Å². The van der Waals surface area contributed by atoms with Crippen LogP contribution in [0.1, 0.15) is 46.0 Å². The molecule has 0 aromatic heterocycles. The fourth-order valence-corrected chi connectivity index (χ4v) is 1.38.